The van der Waals surface area contributed by atoms with E-state index in [2.05, 4.69) is 0 Å². The van der Waals surface area contributed by atoms with Crippen molar-refractivity contribution in [1.29, 1.82) is 0 Å². The van der Waals surface area contributed by atoms with Crippen LogP contribution in [0.15, 0.2) is 82.2 Å². The number of benzene rings is 3. The van der Waals surface area contributed by atoms with Gasteiger partial charge in [0.05, 0.1) is 15.3 Å². The van der Waals surface area contributed by atoms with Gasteiger partial charge in [0.15, 0.2) is 0 Å². The van der Waals surface area contributed by atoms with Gasteiger partial charge in [0.1, 0.15) is 30.0 Å². The van der Waals surface area contributed by atoms with E-state index in [1.165, 1.54) is 18.4 Å². The monoisotopic (exact) mass is 423 g/mol. The van der Waals surface area contributed by atoms with E-state index in [-0.39, 0.29) is 23.5 Å². The fourth-order valence-electron chi connectivity index (χ4n) is 2.78. The molecule has 3 aromatic carbocycles. The summed E-state index contributed by atoms with van der Waals surface area (Å²) in [6, 6.07) is 17.7. The van der Waals surface area contributed by atoms with Crippen molar-refractivity contribution in [2.75, 3.05) is 0 Å². The molecule has 4 aromatic rings. The van der Waals surface area contributed by atoms with Gasteiger partial charge in [-0.15, -0.1) is 0 Å². The van der Waals surface area contributed by atoms with E-state index in [0.717, 1.165) is 5.56 Å². The largest absolute Gasteiger partial charge is 0.489 e. The molecule has 1 aromatic heterocycles. The minimum atomic E-state index is -0.459. The molecule has 0 atom stereocenters. The Balaban J connectivity index is 1.52. The van der Waals surface area contributed by atoms with Crippen LogP contribution >= 0.6 is 11.6 Å². The second kappa shape index (κ2) is 8.26. The lowest BCUT2D eigenvalue weighted by Crippen LogP contribution is -2.05. The third-order valence-electron chi connectivity index (χ3n) is 4.32. The average molecular weight is 424 g/mol. The molecule has 0 fully saturated rings. The molecule has 0 radical (unpaired) electrons. The Morgan fingerprint density at radius 2 is 1.77 bits per heavy atom. The van der Waals surface area contributed by atoms with Gasteiger partial charge in [0.25, 0.3) is 5.69 Å². The summed E-state index contributed by atoms with van der Waals surface area (Å²) >= 11 is 6.07. The number of ether oxygens (including phenoxy) is 2. The maximum atomic E-state index is 12.7. The van der Waals surface area contributed by atoms with Crippen molar-refractivity contribution in [3.05, 3.63) is 104 Å². The van der Waals surface area contributed by atoms with E-state index in [4.69, 9.17) is 25.5 Å². The number of nitrogens with zero attached hydrogens (tertiary/aromatic N) is 1. The Morgan fingerprint density at radius 1 is 1.00 bits per heavy atom. The fraction of sp³-hybridized carbons (Fsp3) is 0.0455. The quantitative estimate of drug-likeness (QED) is 0.290. The number of hydrogen-bond acceptors (Lipinski definition) is 6. The van der Waals surface area contributed by atoms with Gasteiger partial charge in [-0.2, -0.15) is 0 Å². The van der Waals surface area contributed by atoms with Gasteiger partial charge >= 0.3 is 0 Å². The van der Waals surface area contributed by atoms with Crippen LogP contribution in [0.3, 0.4) is 0 Å². The molecule has 7 nitrogen and oxygen atoms in total. The van der Waals surface area contributed by atoms with E-state index in [9.17, 15) is 14.9 Å². The molecule has 0 aliphatic heterocycles. The first-order valence-electron chi connectivity index (χ1n) is 8.85. The minimum Gasteiger partial charge on any atom is -0.489 e. The number of hydrogen-bond donors (Lipinski definition) is 0. The molecule has 4 rings (SSSR count). The summed E-state index contributed by atoms with van der Waals surface area (Å²) in [6.45, 7) is 0.210. The highest BCUT2D eigenvalue weighted by atomic mass is 35.5. The molecular formula is C22H14ClNO6. The molecular weight excluding hydrogens is 410 g/mol. The zero-order valence-electron chi connectivity index (χ0n) is 15.4. The lowest BCUT2D eigenvalue weighted by atomic mass is 10.2. The Bertz CT molecular complexity index is 1280. The van der Waals surface area contributed by atoms with Crippen molar-refractivity contribution < 1.29 is 18.8 Å². The van der Waals surface area contributed by atoms with Gasteiger partial charge in [-0.3, -0.25) is 14.9 Å². The van der Waals surface area contributed by atoms with Crippen molar-refractivity contribution in [2.45, 2.75) is 6.61 Å². The molecule has 0 N–H and O–H groups in total. The molecule has 1 heterocycles. The van der Waals surface area contributed by atoms with Gasteiger partial charge in [-0.25, -0.2) is 0 Å². The molecule has 0 saturated carbocycles. The average Bonchev–Trinajstić information content (AvgIpc) is 2.76. The van der Waals surface area contributed by atoms with Gasteiger partial charge < -0.3 is 13.9 Å². The van der Waals surface area contributed by atoms with Crippen LogP contribution in [0.25, 0.3) is 11.0 Å². The van der Waals surface area contributed by atoms with Crippen molar-refractivity contribution in [3.63, 3.8) is 0 Å². The van der Waals surface area contributed by atoms with Gasteiger partial charge in [0.2, 0.25) is 11.2 Å². The number of halogens is 1. The summed E-state index contributed by atoms with van der Waals surface area (Å²) in [5, 5.41) is 11.4. The van der Waals surface area contributed by atoms with E-state index in [0.29, 0.717) is 27.5 Å². The Hall–Kier alpha value is -3.84. The van der Waals surface area contributed by atoms with Crippen LogP contribution in [0.4, 0.5) is 5.69 Å². The summed E-state index contributed by atoms with van der Waals surface area (Å²) < 4.78 is 16.8. The topological polar surface area (TPSA) is 91.8 Å². The zero-order chi connectivity index (χ0) is 21.1. The standard InChI is InChI=1S/C22H14ClNO6/c23-18-3-1-2-4-19(18)30-21-13-29-20-11-16(9-10-17(20)22(21)25)28-12-14-5-7-15(8-6-14)24(26)27/h1-11,13H,12H2. The van der Waals surface area contributed by atoms with Gasteiger partial charge in [0, 0.05) is 18.2 Å². The molecule has 0 spiro atoms. The van der Waals surface area contributed by atoms with E-state index in [1.807, 2.05) is 0 Å². The molecule has 0 unspecified atom stereocenters. The maximum absolute atomic E-state index is 12.7. The molecule has 8 heteroatoms. The summed E-state index contributed by atoms with van der Waals surface area (Å²) in [7, 11) is 0. The summed E-state index contributed by atoms with van der Waals surface area (Å²) in [5.41, 5.74) is 0.789. The van der Waals surface area contributed by atoms with Crippen molar-refractivity contribution >= 4 is 28.3 Å². The predicted octanol–water partition coefficient (Wildman–Crippen LogP) is 5.73. The molecule has 0 bridgehead atoms. The molecule has 0 aliphatic carbocycles. The number of nitro groups is 1. The highest BCUT2D eigenvalue weighted by molar-refractivity contribution is 6.32. The smallest absolute Gasteiger partial charge is 0.269 e. The molecule has 0 amide bonds. The van der Waals surface area contributed by atoms with Crippen molar-refractivity contribution in [3.8, 4) is 17.2 Å². The van der Waals surface area contributed by atoms with Crippen molar-refractivity contribution in [1.82, 2.24) is 0 Å². The lowest BCUT2D eigenvalue weighted by Gasteiger charge is -2.09. The van der Waals surface area contributed by atoms with Crippen LogP contribution in [-0.4, -0.2) is 4.92 Å². The SMILES string of the molecule is O=c1c(Oc2ccccc2Cl)coc2cc(OCc3ccc([N+](=O)[O-])cc3)ccc12. The van der Waals surface area contributed by atoms with E-state index >= 15 is 0 Å². The summed E-state index contributed by atoms with van der Waals surface area (Å²) in [5.74, 6) is 0.868. The second-order valence-corrected chi connectivity index (χ2v) is 6.74. The third kappa shape index (κ3) is 4.11. The minimum absolute atomic E-state index is 0.0149. The predicted molar refractivity (Wildman–Crippen MR) is 111 cm³/mol. The first-order chi connectivity index (χ1) is 14.5. The Labute approximate surface area is 175 Å². The second-order valence-electron chi connectivity index (χ2n) is 6.33. The molecule has 0 aliphatic rings. The van der Waals surface area contributed by atoms with Crippen LogP contribution < -0.4 is 14.9 Å². The van der Waals surface area contributed by atoms with Crippen molar-refractivity contribution in [2.24, 2.45) is 0 Å². The van der Waals surface area contributed by atoms with Crippen LogP contribution in [-0.2, 0) is 6.61 Å². The zero-order valence-corrected chi connectivity index (χ0v) is 16.2. The number of nitro benzene ring substituents is 1. The number of para-hydroxylation sites is 1. The number of fused-ring (bicyclic) bond motifs is 1. The maximum Gasteiger partial charge on any atom is 0.269 e. The first-order valence-corrected chi connectivity index (χ1v) is 9.23. The fourth-order valence-corrected chi connectivity index (χ4v) is 2.95. The molecule has 150 valence electrons. The van der Waals surface area contributed by atoms with Crippen LogP contribution in [0, 0.1) is 10.1 Å². The number of rotatable bonds is 6. The lowest BCUT2D eigenvalue weighted by molar-refractivity contribution is -0.384. The summed E-state index contributed by atoms with van der Waals surface area (Å²) in [6.07, 6.45) is 1.23. The van der Waals surface area contributed by atoms with E-state index in [1.54, 1.807) is 54.6 Å². The van der Waals surface area contributed by atoms with Crippen LogP contribution in [0.1, 0.15) is 5.56 Å². The first kappa shape index (κ1) is 19.5. The Morgan fingerprint density at radius 3 is 2.50 bits per heavy atom. The van der Waals surface area contributed by atoms with Gasteiger partial charge in [-0.05, 0) is 42.0 Å². The highest BCUT2D eigenvalue weighted by Crippen LogP contribution is 2.29. The van der Waals surface area contributed by atoms with Crippen LogP contribution in [0.2, 0.25) is 5.02 Å². The van der Waals surface area contributed by atoms with E-state index < -0.39 is 4.92 Å². The van der Waals surface area contributed by atoms with Crippen LogP contribution in [0.5, 0.6) is 17.2 Å². The Kier molecular flexibility index (Phi) is 5.36. The highest BCUT2D eigenvalue weighted by Gasteiger charge is 2.12. The van der Waals surface area contributed by atoms with Gasteiger partial charge in [-0.1, -0.05) is 23.7 Å². The molecule has 30 heavy (non-hydrogen) atoms. The molecule has 0 saturated heterocycles. The normalized spacial score (nSPS) is 10.7. The summed E-state index contributed by atoms with van der Waals surface area (Å²) in [4.78, 5) is 22.9. The third-order valence-corrected chi connectivity index (χ3v) is 4.64. The number of non-ortho nitro benzene ring substituents is 1.